The number of thioether (sulfide) groups is 1. The van der Waals surface area contributed by atoms with Gasteiger partial charge in [-0.1, -0.05) is 11.6 Å². The molecule has 1 amide bonds. The van der Waals surface area contributed by atoms with Gasteiger partial charge in [-0.05, 0) is 42.5 Å². The van der Waals surface area contributed by atoms with Crippen LogP contribution in [0.1, 0.15) is 6.42 Å². The Morgan fingerprint density at radius 3 is 2.68 bits per heavy atom. The predicted molar refractivity (Wildman–Crippen MR) is 116 cm³/mol. The first-order chi connectivity index (χ1) is 13.6. The van der Waals surface area contributed by atoms with Crippen LogP contribution in [0, 0.1) is 0 Å². The fourth-order valence-corrected chi connectivity index (χ4v) is 4.15. The number of carbonyl (C=O) groups excluding carboxylic acids is 1. The number of carbonyl (C=O) groups is 1. The highest BCUT2D eigenvalue weighted by molar-refractivity contribution is 7.99. The molecule has 1 N–H and O–H groups in total. The summed E-state index contributed by atoms with van der Waals surface area (Å²) in [6.07, 6.45) is 0.394. The van der Waals surface area contributed by atoms with Crippen LogP contribution in [0.5, 0.6) is 11.5 Å². The lowest BCUT2D eigenvalue weighted by atomic mass is 10.1. The van der Waals surface area contributed by atoms with Crippen molar-refractivity contribution in [1.82, 2.24) is 4.98 Å². The maximum absolute atomic E-state index is 12.2. The SMILES string of the molecule is COc1ccc(OC)c(-c2csc(NC(=O)CCSc3ccc(Cl)cc3)n2)c1. The zero-order chi connectivity index (χ0) is 19.9. The molecule has 0 atom stereocenters. The van der Waals surface area contributed by atoms with E-state index in [9.17, 15) is 4.79 Å². The molecule has 0 radical (unpaired) electrons. The monoisotopic (exact) mass is 434 g/mol. The Hall–Kier alpha value is -2.22. The lowest BCUT2D eigenvalue weighted by molar-refractivity contribution is -0.115. The third kappa shape index (κ3) is 5.41. The first-order valence-corrected chi connectivity index (χ1v) is 10.7. The largest absolute Gasteiger partial charge is 0.497 e. The van der Waals surface area contributed by atoms with Crippen molar-refractivity contribution < 1.29 is 14.3 Å². The van der Waals surface area contributed by atoms with E-state index in [2.05, 4.69) is 10.3 Å². The van der Waals surface area contributed by atoms with Crippen LogP contribution in [-0.4, -0.2) is 30.9 Å². The molecule has 0 saturated heterocycles. The van der Waals surface area contributed by atoms with Crippen LogP contribution in [-0.2, 0) is 4.79 Å². The Balaban J connectivity index is 1.58. The van der Waals surface area contributed by atoms with Crippen molar-refractivity contribution in [1.29, 1.82) is 0 Å². The number of ether oxygens (including phenoxy) is 2. The number of nitrogens with zero attached hydrogens (tertiary/aromatic N) is 1. The van der Waals surface area contributed by atoms with E-state index in [4.69, 9.17) is 21.1 Å². The summed E-state index contributed by atoms with van der Waals surface area (Å²) in [4.78, 5) is 17.8. The quantitative estimate of drug-likeness (QED) is 0.467. The number of hydrogen-bond acceptors (Lipinski definition) is 6. The second kappa shape index (κ2) is 9.82. The molecule has 0 aliphatic carbocycles. The van der Waals surface area contributed by atoms with Gasteiger partial charge in [0.15, 0.2) is 5.13 Å². The molecule has 0 aliphatic rings. The third-order valence-electron chi connectivity index (χ3n) is 3.84. The van der Waals surface area contributed by atoms with Crippen molar-refractivity contribution in [2.24, 2.45) is 0 Å². The number of thiazole rings is 1. The maximum Gasteiger partial charge on any atom is 0.226 e. The van der Waals surface area contributed by atoms with Crippen LogP contribution >= 0.6 is 34.7 Å². The van der Waals surface area contributed by atoms with Crippen molar-refractivity contribution >= 4 is 45.7 Å². The van der Waals surface area contributed by atoms with Gasteiger partial charge in [0.2, 0.25) is 5.91 Å². The molecule has 0 fully saturated rings. The number of amides is 1. The summed E-state index contributed by atoms with van der Waals surface area (Å²) in [6.45, 7) is 0. The molecular formula is C20H19ClN2O3S2. The minimum atomic E-state index is -0.0695. The summed E-state index contributed by atoms with van der Waals surface area (Å²) in [7, 11) is 3.22. The van der Waals surface area contributed by atoms with Gasteiger partial charge in [-0.25, -0.2) is 4.98 Å². The summed E-state index contributed by atoms with van der Waals surface area (Å²) in [5.41, 5.74) is 1.54. The molecular weight excluding hydrogens is 416 g/mol. The number of anilines is 1. The Kier molecular flexibility index (Phi) is 7.19. The lowest BCUT2D eigenvalue weighted by Gasteiger charge is -2.08. The molecule has 8 heteroatoms. The minimum Gasteiger partial charge on any atom is -0.497 e. The Morgan fingerprint density at radius 2 is 1.96 bits per heavy atom. The second-order valence-electron chi connectivity index (χ2n) is 5.70. The van der Waals surface area contributed by atoms with Crippen molar-refractivity contribution in [3.63, 3.8) is 0 Å². The molecule has 0 bridgehead atoms. The minimum absolute atomic E-state index is 0.0695. The molecule has 0 aliphatic heterocycles. The fourth-order valence-electron chi connectivity index (χ4n) is 2.44. The fraction of sp³-hybridized carbons (Fsp3) is 0.200. The number of aromatic nitrogens is 1. The van der Waals surface area contributed by atoms with E-state index in [1.807, 2.05) is 47.8 Å². The van der Waals surface area contributed by atoms with Gasteiger partial charge in [0.1, 0.15) is 11.5 Å². The molecule has 1 heterocycles. The zero-order valence-electron chi connectivity index (χ0n) is 15.4. The van der Waals surface area contributed by atoms with Crippen molar-refractivity contribution in [2.45, 2.75) is 11.3 Å². The summed E-state index contributed by atoms with van der Waals surface area (Å²) in [5, 5.41) is 6.00. The smallest absolute Gasteiger partial charge is 0.226 e. The van der Waals surface area contributed by atoms with Gasteiger partial charge in [-0.15, -0.1) is 23.1 Å². The van der Waals surface area contributed by atoms with Gasteiger partial charge < -0.3 is 14.8 Å². The standard InChI is InChI=1S/C20H19ClN2O3S2/c1-25-14-5-8-18(26-2)16(11-14)17-12-28-20(22-17)23-19(24)9-10-27-15-6-3-13(21)4-7-15/h3-8,11-12H,9-10H2,1-2H3,(H,22,23,24). The van der Waals surface area contributed by atoms with E-state index in [0.29, 0.717) is 33.8 Å². The van der Waals surface area contributed by atoms with E-state index in [1.165, 1.54) is 11.3 Å². The first-order valence-electron chi connectivity index (χ1n) is 8.45. The third-order valence-corrected chi connectivity index (χ3v) is 5.87. The van der Waals surface area contributed by atoms with Crippen LogP contribution in [0.3, 0.4) is 0 Å². The first kappa shape index (κ1) is 20.5. The molecule has 3 rings (SSSR count). The zero-order valence-corrected chi connectivity index (χ0v) is 17.8. The molecule has 146 valence electrons. The molecule has 0 unspecified atom stereocenters. The Bertz CT molecular complexity index is 945. The molecule has 3 aromatic rings. The summed E-state index contributed by atoms with van der Waals surface area (Å²) >= 11 is 8.86. The highest BCUT2D eigenvalue weighted by atomic mass is 35.5. The van der Waals surface area contributed by atoms with Gasteiger partial charge in [0, 0.05) is 33.0 Å². The van der Waals surface area contributed by atoms with E-state index in [-0.39, 0.29) is 5.91 Å². The van der Waals surface area contributed by atoms with Gasteiger partial charge in [0.05, 0.1) is 19.9 Å². The number of rotatable bonds is 8. The van der Waals surface area contributed by atoms with Gasteiger partial charge in [-0.2, -0.15) is 0 Å². The Labute approximate surface area is 177 Å². The molecule has 1 aromatic heterocycles. The summed E-state index contributed by atoms with van der Waals surface area (Å²) in [5.74, 6) is 2.02. The highest BCUT2D eigenvalue weighted by Crippen LogP contribution is 2.35. The highest BCUT2D eigenvalue weighted by Gasteiger charge is 2.13. The van der Waals surface area contributed by atoms with Gasteiger partial charge in [0.25, 0.3) is 0 Å². The molecule has 0 spiro atoms. The lowest BCUT2D eigenvalue weighted by Crippen LogP contribution is -2.11. The summed E-state index contributed by atoms with van der Waals surface area (Å²) in [6, 6.07) is 13.1. The van der Waals surface area contributed by atoms with E-state index >= 15 is 0 Å². The number of nitrogens with one attached hydrogen (secondary N) is 1. The van der Waals surface area contributed by atoms with Crippen molar-refractivity contribution in [2.75, 3.05) is 25.3 Å². The van der Waals surface area contributed by atoms with Crippen molar-refractivity contribution in [3.8, 4) is 22.8 Å². The van der Waals surface area contributed by atoms with Crippen molar-refractivity contribution in [3.05, 3.63) is 52.9 Å². The van der Waals surface area contributed by atoms with Crippen LogP contribution < -0.4 is 14.8 Å². The van der Waals surface area contributed by atoms with Crippen LogP contribution in [0.2, 0.25) is 5.02 Å². The average Bonchev–Trinajstić information content (AvgIpc) is 3.17. The molecule has 0 saturated carbocycles. The second-order valence-corrected chi connectivity index (χ2v) is 8.17. The van der Waals surface area contributed by atoms with Crippen LogP contribution in [0.4, 0.5) is 5.13 Å². The topological polar surface area (TPSA) is 60.5 Å². The predicted octanol–water partition coefficient (Wildman–Crippen LogP) is 5.60. The normalized spacial score (nSPS) is 10.5. The molecule has 5 nitrogen and oxygen atoms in total. The van der Waals surface area contributed by atoms with Crippen LogP contribution in [0.15, 0.2) is 52.7 Å². The van der Waals surface area contributed by atoms with Gasteiger partial charge >= 0.3 is 0 Å². The van der Waals surface area contributed by atoms with E-state index in [1.54, 1.807) is 26.0 Å². The number of halogens is 1. The van der Waals surface area contributed by atoms with E-state index in [0.717, 1.165) is 16.2 Å². The van der Waals surface area contributed by atoms with E-state index < -0.39 is 0 Å². The average molecular weight is 435 g/mol. The number of hydrogen-bond donors (Lipinski definition) is 1. The maximum atomic E-state index is 12.2. The van der Waals surface area contributed by atoms with Gasteiger partial charge in [-0.3, -0.25) is 4.79 Å². The molecule has 28 heavy (non-hydrogen) atoms. The Morgan fingerprint density at radius 1 is 1.18 bits per heavy atom. The number of benzene rings is 2. The molecule has 2 aromatic carbocycles. The number of methoxy groups -OCH3 is 2. The van der Waals surface area contributed by atoms with Crippen LogP contribution in [0.25, 0.3) is 11.3 Å². The summed E-state index contributed by atoms with van der Waals surface area (Å²) < 4.78 is 10.7.